The molecule has 1 amide bonds. The summed E-state index contributed by atoms with van der Waals surface area (Å²) < 4.78 is 0. The second-order valence-corrected chi connectivity index (χ2v) is 6.82. The number of carbonyl (C=O) groups excluding carboxylic acids is 1. The highest BCUT2D eigenvalue weighted by molar-refractivity contribution is 6.31. The number of benzene rings is 1. The third kappa shape index (κ3) is 2.84. The Labute approximate surface area is 149 Å². The van der Waals surface area contributed by atoms with Crippen LogP contribution in [0.2, 0.25) is 5.02 Å². The number of amides is 1. The number of H-pyrrole nitrogens is 2. The highest BCUT2D eigenvalue weighted by atomic mass is 35.5. The van der Waals surface area contributed by atoms with Crippen molar-refractivity contribution in [1.82, 2.24) is 25.3 Å². The van der Waals surface area contributed by atoms with E-state index in [4.69, 9.17) is 11.6 Å². The number of fused-ring (bicyclic) bond motifs is 1. The summed E-state index contributed by atoms with van der Waals surface area (Å²) in [6.07, 6.45) is 0. The summed E-state index contributed by atoms with van der Waals surface area (Å²) in [7, 11) is 0. The van der Waals surface area contributed by atoms with E-state index in [2.05, 4.69) is 25.3 Å². The number of aromatic nitrogens is 4. The topological polar surface area (TPSA) is 80.9 Å². The van der Waals surface area contributed by atoms with E-state index >= 15 is 0 Å². The molecule has 0 radical (unpaired) electrons. The molecule has 3 heterocycles. The van der Waals surface area contributed by atoms with Gasteiger partial charge < -0.3 is 9.80 Å². The average Bonchev–Trinajstić information content (AvgIpc) is 3.20. The Bertz CT molecular complexity index is 932. The summed E-state index contributed by atoms with van der Waals surface area (Å²) in [6.45, 7) is 5.53. The summed E-state index contributed by atoms with van der Waals surface area (Å²) in [4.78, 5) is 16.0. The number of aromatic amines is 2. The van der Waals surface area contributed by atoms with Crippen LogP contribution >= 0.6 is 11.6 Å². The fourth-order valence-corrected chi connectivity index (χ4v) is 3.57. The monoisotopic (exact) mass is 358 g/mol. The van der Waals surface area contributed by atoms with Crippen LogP contribution in [0.15, 0.2) is 24.3 Å². The zero-order valence-electron chi connectivity index (χ0n) is 14.1. The Morgan fingerprint density at radius 3 is 2.80 bits per heavy atom. The molecule has 2 aromatic heterocycles. The average molecular weight is 359 g/mol. The molecule has 1 aromatic carbocycles. The van der Waals surface area contributed by atoms with Gasteiger partial charge in [0, 0.05) is 48.7 Å². The van der Waals surface area contributed by atoms with Crippen LogP contribution in [-0.4, -0.2) is 50.8 Å². The van der Waals surface area contributed by atoms with E-state index in [1.54, 1.807) is 6.92 Å². The molecule has 25 heavy (non-hydrogen) atoms. The van der Waals surface area contributed by atoms with E-state index in [0.717, 1.165) is 28.1 Å². The number of nitrogens with one attached hydrogen (secondary N) is 2. The van der Waals surface area contributed by atoms with Crippen LogP contribution in [0.25, 0.3) is 10.9 Å². The van der Waals surface area contributed by atoms with Gasteiger partial charge in [0.15, 0.2) is 5.82 Å². The quantitative estimate of drug-likeness (QED) is 0.738. The molecule has 4 rings (SSSR count). The second kappa shape index (κ2) is 6.07. The molecule has 1 saturated heterocycles. The predicted octanol–water partition coefficient (Wildman–Crippen LogP) is 2.66. The summed E-state index contributed by atoms with van der Waals surface area (Å²) in [5, 5.41) is 16.6. The van der Waals surface area contributed by atoms with Gasteiger partial charge in [0.2, 0.25) is 5.91 Å². The summed E-state index contributed by atoms with van der Waals surface area (Å²) >= 11 is 6.19. The van der Waals surface area contributed by atoms with Crippen LogP contribution in [0, 0.1) is 6.92 Å². The van der Waals surface area contributed by atoms with Gasteiger partial charge in [0.1, 0.15) is 0 Å². The van der Waals surface area contributed by atoms with Gasteiger partial charge in [-0.3, -0.25) is 15.0 Å². The first-order chi connectivity index (χ1) is 12.0. The van der Waals surface area contributed by atoms with Crippen molar-refractivity contribution < 1.29 is 4.79 Å². The molecule has 0 bridgehead atoms. The van der Waals surface area contributed by atoms with Crippen LogP contribution in [0.1, 0.15) is 24.4 Å². The van der Waals surface area contributed by atoms with E-state index < -0.39 is 0 Å². The highest BCUT2D eigenvalue weighted by Crippen LogP contribution is 2.33. The molecule has 7 nitrogen and oxygen atoms in total. The van der Waals surface area contributed by atoms with E-state index in [1.807, 2.05) is 36.1 Å². The lowest BCUT2D eigenvalue weighted by molar-refractivity contribution is -0.129. The van der Waals surface area contributed by atoms with E-state index in [-0.39, 0.29) is 11.9 Å². The van der Waals surface area contributed by atoms with E-state index in [0.29, 0.717) is 24.7 Å². The van der Waals surface area contributed by atoms with Gasteiger partial charge in [-0.25, -0.2) is 0 Å². The van der Waals surface area contributed by atoms with Gasteiger partial charge in [-0.15, -0.1) is 0 Å². The lowest BCUT2D eigenvalue weighted by atomic mass is 10.0. The molecular formula is C17H19ClN6O. The van der Waals surface area contributed by atoms with E-state index in [1.165, 1.54) is 0 Å². The number of rotatable bonds is 2. The molecule has 1 fully saturated rings. The van der Waals surface area contributed by atoms with Gasteiger partial charge in [0.05, 0.1) is 17.3 Å². The van der Waals surface area contributed by atoms with Crippen molar-refractivity contribution in [1.29, 1.82) is 0 Å². The molecule has 0 saturated carbocycles. The van der Waals surface area contributed by atoms with Crippen molar-refractivity contribution in [3.05, 3.63) is 40.7 Å². The van der Waals surface area contributed by atoms with Crippen molar-refractivity contribution in [3.63, 3.8) is 0 Å². The zero-order valence-corrected chi connectivity index (χ0v) is 14.8. The Balaban J connectivity index is 1.79. The maximum Gasteiger partial charge on any atom is 0.219 e. The zero-order chi connectivity index (χ0) is 17.6. The van der Waals surface area contributed by atoms with Crippen LogP contribution in [-0.2, 0) is 4.79 Å². The first-order valence-corrected chi connectivity index (χ1v) is 8.58. The third-order valence-electron chi connectivity index (χ3n) is 4.69. The fourth-order valence-electron chi connectivity index (χ4n) is 3.40. The lowest BCUT2D eigenvalue weighted by Crippen LogP contribution is -2.50. The van der Waals surface area contributed by atoms with Gasteiger partial charge >= 0.3 is 0 Å². The standard InChI is InChI=1S/C17H19ClN6O/c1-10-7-16(21-19-10)24-6-5-23(11(2)25)9-15(24)17-13-8-12(18)3-4-14(13)20-22-17/h3-4,7-8,15H,5-6,9H2,1-2H3,(H,19,21)(H,20,22). The van der Waals surface area contributed by atoms with Crippen LogP contribution in [0.4, 0.5) is 5.82 Å². The predicted molar refractivity (Wildman–Crippen MR) is 96.8 cm³/mol. The van der Waals surface area contributed by atoms with Crippen molar-refractivity contribution in [2.75, 3.05) is 24.5 Å². The van der Waals surface area contributed by atoms with Crippen LogP contribution in [0.5, 0.6) is 0 Å². The molecule has 8 heteroatoms. The number of aryl methyl sites for hydroxylation is 1. The Morgan fingerprint density at radius 1 is 1.24 bits per heavy atom. The molecule has 0 aliphatic carbocycles. The largest absolute Gasteiger partial charge is 0.343 e. The van der Waals surface area contributed by atoms with Gasteiger partial charge in [-0.1, -0.05) is 11.6 Å². The minimum atomic E-state index is -0.0659. The van der Waals surface area contributed by atoms with Gasteiger partial charge in [-0.2, -0.15) is 10.2 Å². The molecular weight excluding hydrogens is 340 g/mol. The molecule has 1 aliphatic rings. The van der Waals surface area contributed by atoms with Crippen molar-refractivity contribution in [2.45, 2.75) is 19.9 Å². The maximum absolute atomic E-state index is 11.9. The maximum atomic E-state index is 11.9. The number of piperazine rings is 1. The Hall–Kier alpha value is -2.54. The van der Waals surface area contributed by atoms with Crippen molar-refractivity contribution in [3.8, 4) is 0 Å². The number of halogens is 1. The summed E-state index contributed by atoms with van der Waals surface area (Å²) in [5.74, 6) is 0.945. The number of carbonyl (C=O) groups is 1. The molecule has 130 valence electrons. The van der Waals surface area contributed by atoms with Crippen LogP contribution in [0.3, 0.4) is 0 Å². The molecule has 1 aliphatic heterocycles. The smallest absolute Gasteiger partial charge is 0.219 e. The Morgan fingerprint density at radius 2 is 2.08 bits per heavy atom. The molecule has 1 unspecified atom stereocenters. The van der Waals surface area contributed by atoms with Gasteiger partial charge in [0.25, 0.3) is 0 Å². The molecule has 2 N–H and O–H groups in total. The minimum absolute atomic E-state index is 0.0659. The van der Waals surface area contributed by atoms with Crippen molar-refractivity contribution in [2.24, 2.45) is 0 Å². The second-order valence-electron chi connectivity index (χ2n) is 6.38. The van der Waals surface area contributed by atoms with E-state index in [9.17, 15) is 4.79 Å². The van der Waals surface area contributed by atoms with Crippen LogP contribution < -0.4 is 4.90 Å². The first kappa shape index (κ1) is 16.0. The minimum Gasteiger partial charge on any atom is -0.343 e. The number of nitrogens with zero attached hydrogens (tertiary/aromatic N) is 4. The number of hydrogen-bond donors (Lipinski definition) is 2. The normalized spacial score (nSPS) is 18.1. The first-order valence-electron chi connectivity index (χ1n) is 8.20. The summed E-state index contributed by atoms with van der Waals surface area (Å²) in [5.41, 5.74) is 2.81. The third-order valence-corrected chi connectivity index (χ3v) is 4.93. The fraction of sp³-hybridized carbons (Fsp3) is 0.353. The SMILES string of the molecule is CC(=O)N1CCN(c2cc(C)[nH]n2)C(c2[nH]nc3ccc(Cl)cc23)C1. The Kier molecular flexibility index (Phi) is 3.88. The molecule has 1 atom stereocenters. The van der Waals surface area contributed by atoms with Gasteiger partial charge in [-0.05, 0) is 25.1 Å². The summed E-state index contributed by atoms with van der Waals surface area (Å²) in [6, 6.07) is 7.58. The molecule has 3 aromatic rings. The number of hydrogen-bond acceptors (Lipinski definition) is 4. The van der Waals surface area contributed by atoms with Crippen molar-refractivity contribution >= 4 is 34.2 Å². The highest BCUT2D eigenvalue weighted by Gasteiger charge is 2.33. The molecule has 0 spiro atoms. The lowest BCUT2D eigenvalue weighted by Gasteiger charge is -2.41. The number of anilines is 1.